The summed E-state index contributed by atoms with van der Waals surface area (Å²) in [6.07, 6.45) is 11.4. The molecule has 0 aromatic heterocycles. The van der Waals surface area contributed by atoms with Gasteiger partial charge in [-0.05, 0) is 38.5 Å². The highest BCUT2D eigenvalue weighted by molar-refractivity contribution is 5.42. The molecule has 0 amide bonds. The monoisotopic (exact) mass is 330 g/mol. The van der Waals surface area contributed by atoms with Gasteiger partial charge in [0.05, 0.1) is 19.8 Å². The van der Waals surface area contributed by atoms with Gasteiger partial charge in [0.15, 0.2) is 0 Å². The molecule has 0 saturated carbocycles. The highest BCUT2D eigenvalue weighted by atomic mass is 16.5. The molecule has 3 heteroatoms. The minimum absolute atomic E-state index is 0.655. The molecule has 1 aromatic carbocycles. The standard InChI is InChI=1S/C21H30O3/c1-4-7-10-13-22-19-16-20(23-14-11-8-5-2)18-21(17-19)24-15-12-9-6-3/h4-6,16-18H,1-3,7-15H2. The topological polar surface area (TPSA) is 27.7 Å². The number of rotatable bonds is 15. The molecule has 132 valence electrons. The lowest BCUT2D eigenvalue weighted by Crippen LogP contribution is -2.02. The normalized spacial score (nSPS) is 10.0. The summed E-state index contributed by atoms with van der Waals surface area (Å²) < 4.78 is 17.4. The summed E-state index contributed by atoms with van der Waals surface area (Å²) in [6.45, 7) is 13.1. The van der Waals surface area contributed by atoms with Crippen LogP contribution in [0.3, 0.4) is 0 Å². The lowest BCUT2D eigenvalue weighted by molar-refractivity contribution is 0.282. The minimum Gasteiger partial charge on any atom is -0.493 e. The molecule has 0 aliphatic rings. The fraction of sp³-hybridized carbons (Fsp3) is 0.429. The minimum atomic E-state index is 0.655. The van der Waals surface area contributed by atoms with Crippen LogP contribution in [-0.2, 0) is 0 Å². The average Bonchev–Trinajstić information content (AvgIpc) is 2.59. The fourth-order valence-electron chi connectivity index (χ4n) is 2.05. The summed E-state index contributed by atoms with van der Waals surface area (Å²) >= 11 is 0. The zero-order valence-corrected chi connectivity index (χ0v) is 14.7. The van der Waals surface area contributed by atoms with E-state index in [1.54, 1.807) is 0 Å². The first kappa shape index (κ1) is 19.9. The van der Waals surface area contributed by atoms with Gasteiger partial charge in [0.25, 0.3) is 0 Å². The van der Waals surface area contributed by atoms with E-state index in [4.69, 9.17) is 14.2 Å². The summed E-state index contributed by atoms with van der Waals surface area (Å²) in [5.41, 5.74) is 0. The third-order valence-electron chi connectivity index (χ3n) is 3.32. The van der Waals surface area contributed by atoms with Crippen LogP contribution in [-0.4, -0.2) is 19.8 Å². The number of ether oxygens (including phenoxy) is 3. The number of benzene rings is 1. The Morgan fingerprint density at radius 1 is 0.583 bits per heavy atom. The van der Waals surface area contributed by atoms with E-state index < -0.39 is 0 Å². The molecular weight excluding hydrogens is 300 g/mol. The first-order chi connectivity index (χ1) is 11.8. The summed E-state index contributed by atoms with van der Waals surface area (Å²) in [7, 11) is 0. The second-order valence-electron chi connectivity index (χ2n) is 5.48. The van der Waals surface area contributed by atoms with Crippen molar-refractivity contribution in [2.24, 2.45) is 0 Å². The van der Waals surface area contributed by atoms with Crippen LogP contribution in [0, 0.1) is 0 Å². The Bertz CT molecular complexity index is 410. The number of allylic oxidation sites excluding steroid dienone is 3. The highest BCUT2D eigenvalue weighted by Crippen LogP contribution is 2.28. The van der Waals surface area contributed by atoms with E-state index in [-0.39, 0.29) is 0 Å². The molecule has 0 unspecified atom stereocenters. The van der Waals surface area contributed by atoms with Gasteiger partial charge in [-0.15, -0.1) is 19.7 Å². The number of hydrogen-bond acceptors (Lipinski definition) is 3. The van der Waals surface area contributed by atoms with Crippen LogP contribution in [0.25, 0.3) is 0 Å². The van der Waals surface area contributed by atoms with E-state index in [2.05, 4.69) is 19.7 Å². The van der Waals surface area contributed by atoms with Gasteiger partial charge < -0.3 is 14.2 Å². The van der Waals surface area contributed by atoms with E-state index in [1.165, 1.54) is 0 Å². The quantitative estimate of drug-likeness (QED) is 0.304. The zero-order valence-electron chi connectivity index (χ0n) is 14.7. The molecule has 0 radical (unpaired) electrons. The molecule has 0 atom stereocenters. The molecule has 0 heterocycles. The van der Waals surface area contributed by atoms with Crippen molar-refractivity contribution in [1.29, 1.82) is 0 Å². The molecule has 0 saturated heterocycles. The van der Waals surface area contributed by atoms with Crippen molar-refractivity contribution in [2.75, 3.05) is 19.8 Å². The molecule has 0 fully saturated rings. The Balaban J connectivity index is 2.62. The summed E-state index contributed by atoms with van der Waals surface area (Å²) in [6, 6.07) is 5.75. The van der Waals surface area contributed by atoms with Crippen LogP contribution in [0.4, 0.5) is 0 Å². The van der Waals surface area contributed by atoms with Crippen molar-refractivity contribution >= 4 is 0 Å². The van der Waals surface area contributed by atoms with Crippen molar-refractivity contribution in [3.8, 4) is 17.2 Å². The Hall–Kier alpha value is -2.16. The third-order valence-corrected chi connectivity index (χ3v) is 3.32. The van der Waals surface area contributed by atoms with E-state index in [9.17, 15) is 0 Å². The molecule has 1 aromatic rings. The van der Waals surface area contributed by atoms with Crippen LogP contribution in [0.15, 0.2) is 56.2 Å². The number of unbranched alkanes of at least 4 members (excludes halogenated alkanes) is 3. The predicted octanol–water partition coefficient (Wildman–Crippen LogP) is 5.72. The Morgan fingerprint density at radius 2 is 0.875 bits per heavy atom. The van der Waals surface area contributed by atoms with E-state index >= 15 is 0 Å². The SMILES string of the molecule is C=CCCCOc1cc(OCCCC=C)cc(OCCCC=C)c1. The second-order valence-corrected chi connectivity index (χ2v) is 5.48. The van der Waals surface area contributed by atoms with E-state index in [0.29, 0.717) is 19.8 Å². The van der Waals surface area contributed by atoms with Crippen LogP contribution in [0.5, 0.6) is 17.2 Å². The van der Waals surface area contributed by atoms with Gasteiger partial charge in [0.2, 0.25) is 0 Å². The molecule has 0 aliphatic heterocycles. The van der Waals surface area contributed by atoms with Crippen molar-refractivity contribution in [2.45, 2.75) is 38.5 Å². The Morgan fingerprint density at radius 3 is 1.12 bits per heavy atom. The lowest BCUT2D eigenvalue weighted by atomic mass is 10.2. The third kappa shape index (κ3) is 9.09. The van der Waals surface area contributed by atoms with Crippen LogP contribution in [0.1, 0.15) is 38.5 Å². The van der Waals surface area contributed by atoms with E-state index in [1.807, 2.05) is 36.4 Å². The lowest BCUT2D eigenvalue weighted by Gasteiger charge is -2.13. The second kappa shape index (κ2) is 13.3. The van der Waals surface area contributed by atoms with Crippen LogP contribution >= 0.6 is 0 Å². The largest absolute Gasteiger partial charge is 0.493 e. The zero-order chi connectivity index (χ0) is 17.5. The fourth-order valence-corrected chi connectivity index (χ4v) is 2.05. The molecule has 0 bridgehead atoms. The van der Waals surface area contributed by atoms with Crippen LogP contribution in [0.2, 0.25) is 0 Å². The van der Waals surface area contributed by atoms with Crippen LogP contribution < -0.4 is 14.2 Å². The van der Waals surface area contributed by atoms with Crippen molar-refractivity contribution in [3.05, 3.63) is 56.2 Å². The Kier molecular flexibility index (Phi) is 11.0. The molecule has 24 heavy (non-hydrogen) atoms. The molecular formula is C21H30O3. The highest BCUT2D eigenvalue weighted by Gasteiger charge is 2.05. The Labute approximate surface area is 146 Å². The molecule has 0 spiro atoms. The van der Waals surface area contributed by atoms with Gasteiger partial charge >= 0.3 is 0 Å². The number of hydrogen-bond donors (Lipinski definition) is 0. The maximum atomic E-state index is 5.80. The van der Waals surface area contributed by atoms with Crippen molar-refractivity contribution in [1.82, 2.24) is 0 Å². The maximum absolute atomic E-state index is 5.80. The maximum Gasteiger partial charge on any atom is 0.126 e. The predicted molar refractivity (Wildman–Crippen MR) is 101 cm³/mol. The average molecular weight is 330 g/mol. The molecule has 0 N–H and O–H groups in total. The van der Waals surface area contributed by atoms with Gasteiger partial charge in [-0.2, -0.15) is 0 Å². The van der Waals surface area contributed by atoms with Gasteiger partial charge in [-0.25, -0.2) is 0 Å². The smallest absolute Gasteiger partial charge is 0.126 e. The van der Waals surface area contributed by atoms with Gasteiger partial charge in [-0.3, -0.25) is 0 Å². The van der Waals surface area contributed by atoms with Gasteiger partial charge in [0, 0.05) is 18.2 Å². The van der Waals surface area contributed by atoms with E-state index in [0.717, 1.165) is 55.8 Å². The van der Waals surface area contributed by atoms with Gasteiger partial charge in [-0.1, -0.05) is 18.2 Å². The molecule has 0 aliphatic carbocycles. The summed E-state index contributed by atoms with van der Waals surface area (Å²) in [4.78, 5) is 0. The van der Waals surface area contributed by atoms with Gasteiger partial charge in [0.1, 0.15) is 17.2 Å². The molecule has 1 rings (SSSR count). The van der Waals surface area contributed by atoms with Crippen molar-refractivity contribution in [3.63, 3.8) is 0 Å². The van der Waals surface area contributed by atoms with Crippen molar-refractivity contribution < 1.29 is 14.2 Å². The first-order valence-electron chi connectivity index (χ1n) is 8.66. The summed E-state index contributed by atoms with van der Waals surface area (Å²) in [5, 5.41) is 0. The summed E-state index contributed by atoms with van der Waals surface area (Å²) in [5.74, 6) is 2.33. The first-order valence-corrected chi connectivity index (χ1v) is 8.66. The molecule has 3 nitrogen and oxygen atoms in total.